The Morgan fingerprint density at radius 2 is 2.11 bits per heavy atom. The summed E-state index contributed by atoms with van der Waals surface area (Å²) in [5, 5.41) is 4.07. The van der Waals surface area contributed by atoms with Crippen LogP contribution in [0.3, 0.4) is 0 Å². The van der Waals surface area contributed by atoms with Crippen LogP contribution in [0.5, 0.6) is 5.75 Å². The van der Waals surface area contributed by atoms with E-state index in [-0.39, 0.29) is 0 Å². The van der Waals surface area contributed by atoms with E-state index in [1.54, 1.807) is 0 Å². The van der Waals surface area contributed by atoms with Gasteiger partial charge in [0.15, 0.2) is 0 Å². The lowest BCUT2D eigenvalue weighted by atomic mass is 10.3. The van der Waals surface area contributed by atoms with Gasteiger partial charge in [-0.15, -0.1) is 0 Å². The highest BCUT2D eigenvalue weighted by atomic mass is 79.9. The van der Waals surface area contributed by atoms with Crippen LogP contribution in [0.4, 0.5) is 0 Å². The first-order valence-electron chi connectivity index (χ1n) is 6.26. The minimum absolute atomic E-state index is 0.718. The van der Waals surface area contributed by atoms with Crippen LogP contribution < -0.4 is 10.1 Å². The summed E-state index contributed by atoms with van der Waals surface area (Å²) in [6.07, 6.45) is 1.05. The molecule has 0 amide bonds. The monoisotopic (exact) mass is 332 g/mol. The van der Waals surface area contributed by atoms with Crippen molar-refractivity contribution in [3.8, 4) is 5.75 Å². The van der Waals surface area contributed by atoms with E-state index in [0.29, 0.717) is 0 Å². The minimum Gasteiger partial charge on any atom is -0.492 e. The van der Waals surface area contributed by atoms with Gasteiger partial charge in [0.1, 0.15) is 5.75 Å². The van der Waals surface area contributed by atoms with Gasteiger partial charge in [-0.3, -0.25) is 0 Å². The first kappa shape index (κ1) is 14.1. The molecule has 2 rings (SSSR count). The topological polar surface area (TPSA) is 24.5 Å². The Kier molecular flexibility index (Phi) is 5.76. The Morgan fingerprint density at radius 3 is 2.83 bits per heavy atom. The van der Waals surface area contributed by atoms with Gasteiger partial charge in [0.25, 0.3) is 0 Å². The molecule has 0 aliphatic carbocycles. The van der Waals surface area contributed by atoms with Gasteiger partial charge in [-0.05, 0) is 40.5 Å². The molecule has 3 nitrogen and oxygen atoms in total. The predicted molar refractivity (Wildman–Crippen MR) is 78.6 cm³/mol. The quantitative estimate of drug-likeness (QED) is 0.839. The third-order valence-corrected chi connectivity index (χ3v) is 3.83. The van der Waals surface area contributed by atoms with Crippen LogP contribution in [0.2, 0.25) is 5.02 Å². The Hall–Kier alpha value is -0.290. The summed E-state index contributed by atoms with van der Waals surface area (Å²) < 4.78 is 6.65. The second-order valence-electron chi connectivity index (χ2n) is 4.37. The van der Waals surface area contributed by atoms with Crippen LogP contribution in [0, 0.1) is 0 Å². The van der Waals surface area contributed by atoms with E-state index in [0.717, 1.165) is 61.0 Å². The van der Waals surface area contributed by atoms with Gasteiger partial charge < -0.3 is 15.0 Å². The first-order valence-corrected chi connectivity index (χ1v) is 7.44. The Morgan fingerprint density at radius 1 is 1.33 bits per heavy atom. The van der Waals surface area contributed by atoms with Gasteiger partial charge >= 0.3 is 0 Å². The van der Waals surface area contributed by atoms with E-state index in [2.05, 4.69) is 26.1 Å². The molecule has 0 aromatic heterocycles. The van der Waals surface area contributed by atoms with Crippen molar-refractivity contribution >= 4 is 27.5 Å². The maximum Gasteiger partial charge on any atom is 0.133 e. The maximum atomic E-state index is 5.88. The fourth-order valence-corrected chi connectivity index (χ4v) is 2.79. The van der Waals surface area contributed by atoms with Gasteiger partial charge in [-0.2, -0.15) is 0 Å². The van der Waals surface area contributed by atoms with E-state index < -0.39 is 0 Å². The summed E-state index contributed by atoms with van der Waals surface area (Å²) in [7, 11) is 0. The number of ether oxygens (including phenoxy) is 1. The molecule has 1 aromatic carbocycles. The molecule has 1 aliphatic heterocycles. The molecule has 1 heterocycles. The highest BCUT2D eigenvalue weighted by Gasteiger charge is 2.08. The smallest absolute Gasteiger partial charge is 0.133 e. The van der Waals surface area contributed by atoms with Crippen LogP contribution in [-0.2, 0) is 0 Å². The molecule has 0 atom stereocenters. The molecule has 1 aliphatic rings. The molecule has 1 saturated heterocycles. The number of nitrogens with one attached hydrogen (secondary N) is 1. The fourth-order valence-electron chi connectivity index (χ4n) is 2.00. The molecule has 1 aromatic rings. The number of nitrogens with zero attached hydrogens (tertiary/aromatic N) is 1. The Bertz CT molecular complexity index is 383. The summed E-state index contributed by atoms with van der Waals surface area (Å²) in [6, 6.07) is 5.60. The Balaban J connectivity index is 1.68. The lowest BCUT2D eigenvalue weighted by molar-refractivity contribution is 0.213. The molecule has 0 spiro atoms. The standard InChI is InChI=1S/C13H18BrClN2O/c14-12-10-11(15)2-3-13(12)18-9-1-6-17-7-4-16-5-8-17/h2-3,10,16H,1,4-9H2. The van der Waals surface area contributed by atoms with Gasteiger partial charge in [0.2, 0.25) is 0 Å². The molecule has 5 heteroatoms. The van der Waals surface area contributed by atoms with E-state index in [1.165, 1.54) is 0 Å². The third-order valence-electron chi connectivity index (χ3n) is 2.98. The SMILES string of the molecule is Clc1ccc(OCCCN2CCNCC2)c(Br)c1. The molecule has 100 valence electrons. The zero-order chi connectivity index (χ0) is 12.8. The zero-order valence-corrected chi connectivity index (χ0v) is 12.6. The van der Waals surface area contributed by atoms with Crippen LogP contribution in [-0.4, -0.2) is 44.2 Å². The van der Waals surface area contributed by atoms with Crippen molar-refractivity contribution in [3.63, 3.8) is 0 Å². The lowest BCUT2D eigenvalue weighted by Crippen LogP contribution is -2.43. The highest BCUT2D eigenvalue weighted by Crippen LogP contribution is 2.27. The molecule has 0 saturated carbocycles. The van der Waals surface area contributed by atoms with E-state index in [4.69, 9.17) is 16.3 Å². The lowest BCUT2D eigenvalue weighted by Gasteiger charge is -2.27. The van der Waals surface area contributed by atoms with Crippen molar-refractivity contribution in [2.75, 3.05) is 39.3 Å². The number of hydrogen-bond donors (Lipinski definition) is 1. The van der Waals surface area contributed by atoms with Crippen molar-refractivity contribution in [1.82, 2.24) is 10.2 Å². The normalized spacial score (nSPS) is 16.8. The predicted octanol–water partition coefficient (Wildman–Crippen LogP) is 2.78. The van der Waals surface area contributed by atoms with Crippen LogP contribution >= 0.6 is 27.5 Å². The summed E-state index contributed by atoms with van der Waals surface area (Å²) in [4.78, 5) is 2.47. The second-order valence-corrected chi connectivity index (χ2v) is 5.66. The third kappa shape index (κ3) is 4.43. The van der Waals surface area contributed by atoms with Crippen LogP contribution in [0.15, 0.2) is 22.7 Å². The summed E-state index contributed by atoms with van der Waals surface area (Å²) in [6.45, 7) is 6.33. The number of piperazine rings is 1. The fraction of sp³-hybridized carbons (Fsp3) is 0.538. The molecule has 1 N–H and O–H groups in total. The number of rotatable bonds is 5. The highest BCUT2D eigenvalue weighted by molar-refractivity contribution is 9.10. The minimum atomic E-state index is 0.718. The molecule has 0 bridgehead atoms. The number of benzene rings is 1. The van der Waals surface area contributed by atoms with Gasteiger partial charge in [-0.1, -0.05) is 11.6 Å². The first-order chi connectivity index (χ1) is 8.75. The maximum absolute atomic E-state index is 5.88. The van der Waals surface area contributed by atoms with Crippen molar-refractivity contribution < 1.29 is 4.74 Å². The van der Waals surface area contributed by atoms with Gasteiger partial charge in [-0.25, -0.2) is 0 Å². The molecule has 18 heavy (non-hydrogen) atoms. The van der Waals surface area contributed by atoms with Crippen molar-refractivity contribution in [3.05, 3.63) is 27.7 Å². The number of hydrogen-bond acceptors (Lipinski definition) is 3. The summed E-state index contributed by atoms with van der Waals surface area (Å²) in [5.41, 5.74) is 0. The van der Waals surface area contributed by atoms with Gasteiger partial charge in [0.05, 0.1) is 11.1 Å². The average Bonchev–Trinajstić information content (AvgIpc) is 2.38. The van der Waals surface area contributed by atoms with Crippen molar-refractivity contribution in [1.29, 1.82) is 0 Å². The summed E-state index contributed by atoms with van der Waals surface area (Å²) >= 11 is 9.33. The molecule has 0 radical (unpaired) electrons. The van der Waals surface area contributed by atoms with E-state index >= 15 is 0 Å². The Labute approximate surface area is 122 Å². The van der Waals surface area contributed by atoms with Crippen LogP contribution in [0.1, 0.15) is 6.42 Å². The van der Waals surface area contributed by atoms with Crippen LogP contribution in [0.25, 0.3) is 0 Å². The van der Waals surface area contributed by atoms with Crippen molar-refractivity contribution in [2.45, 2.75) is 6.42 Å². The zero-order valence-electron chi connectivity index (χ0n) is 10.3. The molecule has 1 fully saturated rings. The van der Waals surface area contributed by atoms with E-state index in [9.17, 15) is 0 Å². The molecular formula is C13H18BrClN2O. The number of halogens is 2. The average molecular weight is 334 g/mol. The second kappa shape index (κ2) is 7.34. The van der Waals surface area contributed by atoms with Gasteiger partial charge in [0, 0.05) is 37.7 Å². The molecule has 0 unspecified atom stereocenters. The largest absolute Gasteiger partial charge is 0.492 e. The van der Waals surface area contributed by atoms with Crippen molar-refractivity contribution in [2.24, 2.45) is 0 Å². The summed E-state index contributed by atoms with van der Waals surface area (Å²) in [5.74, 6) is 0.861. The molecular weight excluding hydrogens is 316 g/mol. The van der Waals surface area contributed by atoms with E-state index in [1.807, 2.05) is 18.2 Å².